The average molecular weight is 312 g/mol. The fourth-order valence-electron chi connectivity index (χ4n) is 2.12. The second-order valence-electron chi connectivity index (χ2n) is 5.02. The number of rotatable bonds is 2. The van der Waals surface area contributed by atoms with Gasteiger partial charge in [0, 0.05) is 16.2 Å². The van der Waals surface area contributed by atoms with Crippen molar-refractivity contribution in [1.82, 2.24) is 5.48 Å². The van der Waals surface area contributed by atoms with Gasteiger partial charge in [0.2, 0.25) is 0 Å². The minimum absolute atomic E-state index is 0.272. The van der Waals surface area contributed by atoms with Gasteiger partial charge in [-0.15, -0.1) is 0 Å². The number of hydrogen-bond acceptors (Lipinski definition) is 2. The highest BCUT2D eigenvalue weighted by Gasteiger charge is 2.18. The quantitative estimate of drug-likeness (QED) is 0.847. The number of amides is 1. The molecule has 110 valence electrons. The summed E-state index contributed by atoms with van der Waals surface area (Å²) in [6.07, 6.45) is 3.53. The van der Waals surface area contributed by atoms with E-state index in [1.807, 2.05) is 61.5 Å². The highest BCUT2D eigenvalue weighted by molar-refractivity contribution is 6.31. The molecule has 1 N–H and O–H groups in total. The van der Waals surface area contributed by atoms with Gasteiger partial charge in [0.25, 0.3) is 5.91 Å². The van der Waals surface area contributed by atoms with Gasteiger partial charge in [-0.1, -0.05) is 54.1 Å². The van der Waals surface area contributed by atoms with Crippen LogP contribution in [0.15, 0.2) is 60.2 Å². The lowest BCUT2D eigenvalue weighted by molar-refractivity contribution is -0.125. The maximum absolute atomic E-state index is 11.9. The SMILES string of the molecule is Cc1ccc(C2=C/C(=C\c3ccccc3)C(=O)NO2)cc1Cl. The van der Waals surface area contributed by atoms with E-state index in [0.29, 0.717) is 16.4 Å². The van der Waals surface area contributed by atoms with Crippen LogP contribution in [0.4, 0.5) is 0 Å². The van der Waals surface area contributed by atoms with Crippen LogP contribution in [0.2, 0.25) is 5.02 Å². The molecule has 3 rings (SSSR count). The van der Waals surface area contributed by atoms with Crippen molar-refractivity contribution in [3.05, 3.63) is 81.9 Å². The van der Waals surface area contributed by atoms with Gasteiger partial charge in [-0.3, -0.25) is 4.79 Å². The Hall–Kier alpha value is -2.52. The summed E-state index contributed by atoms with van der Waals surface area (Å²) in [5.41, 5.74) is 5.71. The van der Waals surface area contributed by atoms with Crippen LogP contribution in [0.3, 0.4) is 0 Å². The number of halogens is 1. The molecule has 2 aromatic rings. The van der Waals surface area contributed by atoms with Gasteiger partial charge in [-0.2, -0.15) is 5.48 Å². The van der Waals surface area contributed by atoms with Gasteiger partial charge in [-0.05, 0) is 36.3 Å². The summed E-state index contributed by atoms with van der Waals surface area (Å²) in [6.45, 7) is 1.94. The maximum Gasteiger partial charge on any atom is 0.284 e. The van der Waals surface area contributed by atoms with E-state index in [1.165, 1.54) is 0 Å². The van der Waals surface area contributed by atoms with Crippen molar-refractivity contribution in [2.24, 2.45) is 0 Å². The molecule has 0 aromatic heterocycles. The smallest absolute Gasteiger partial charge is 0.284 e. The number of aryl methyl sites for hydroxylation is 1. The summed E-state index contributed by atoms with van der Waals surface area (Å²) in [5.74, 6) is 0.287. The zero-order valence-corrected chi connectivity index (χ0v) is 12.7. The van der Waals surface area contributed by atoms with Crippen LogP contribution in [0.1, 0.15) is 16.7 Å². The third-order valence-electron chi connectivity index (χ3n) is 3.38. The average Bonchev–Trinajstić information content (AvgIpc) is 2.53. The first-order valence-corrected chi connectivity index (χ1v) is 7.23. The van der Waals surface area contributed by atoms with Crippen LogP contribution >= 0.6 is 11.6 Å². The zero-order chi connectivity index (χ0) is 15.5. The maximum atomic E-state index is 11.9. The van der Waals surface area contributed by atoms with Crippen LogP contribution < -0.4 is 5.48 Å². The Morgan fingerprint density at radius 1 is 1.14 bits per heavy atom. The fourth-order valence-corrected chi connectivity index (χ4v) is 2.30. The minimum atomic E-state index is -0.272. The van der Waals surface area contributed by atoms with Crippen LogP contribution in [0.5, 0.6) is 0 Å². The third kappa shape index (κ3) is 3.05. The van der Waals surface area contributed by atoms with E-state index in [0.717, 1.165) is 16.7 Å². The van der Waals surface area contributed by atoms with Crippen molar-refractivity contribution < 1.29 is 9.63 Å². The Bertz CT molecular complexity index is 779. The van der Waals surface area contributed by atoms with E-state index in [1.54, 1.807) is 6.08 Å². The van der Waals surface area contributed by atoms with E-state index < -0.39 is 0 Å². The molecule has 0 fully saturated rings. The molecular formula is C18H14ClNO2. The highest BCUT2D eigenvalue weighted by Crippen LogP contribution is 2.26. The predicted molar refractivity (Wildman–Crippen MR) is 87.8 cm³/mol. The molecule has 1 heterocycles. The van der Waals surface area contributed by atoms with Crippen molar-refractivity contribution in [2.45, 2.75) is 6.92 Å². The van der Waals surface area contributed by atoms with Gasteiger partial charge < -0.3 is 4.84 Å². The first-order valence-electron chi connectivity index (χ1n) is 6.85. The molecule has 0 aliphatic carbocycles. The number of nitrogens with one attached hydrogen (secondary N) is 1. The molecule has 0 unspecified atom stereocenters. The van der Waals surface area contributed by atoms with E-state index >= 15 is 0 Å². The molecule has 0 atom stereocenters. The van der Waals surface area contributed by atoms with E-state index in [2.05, 4.69) is 5.48 Å². The van der Waals surface area contributed by atoms with E-state index in [4.69, 9.17) is 16.4 Å². The molecule has 4 heteroatoms. The topological polar surface area (TPSA) is 38.3 Å². The molecule has 0 saturated heterocycles. The largest absolute Gasteiger partial charge is 0.379 e. The van der Waals surface area contributed by atoms with Crippen molar-refractivity contribution in [1.29, 1.82) is 0 Å². The van der Waals surface area contributed by atoms with Crippen molar-refractivity contribution in [3.8, 4) is 0 Å². The second-order valence-corrected chi connectivity index (χ2v) is 5.42. The number of benzene rings is 2. The normalized spacial score (nSPS) is 16.0. The lowest BCUT2D eigenvalue weighted by Crippen LogP contribution is -2.28. The summed E-state index contributed by atoms with van der Waals surface area (Å²) >= 11 is 6.14. The van der Waals surface area contributed by atoms with E-state index in [-0.39, 0.29) is 5.91 Å². The van der Waals surface area contributed by atoms with Crippen molar-refractivity contribution >= 4 is 29.3 Å². The molecule has 0 radical (unpaired) electrons. The molecule has 3 nitrogen and oxygen atoms in total. The first kappa shape index (κ1) is 14.4. The molecule has 22 heavy (non-hydrogen) atoms. The molecule has 0 saturated carbocycles. The second kappa shape index (κ2) is 6.08. The summed E-state index contributed by atoms with van der Waals surface area (Å²) in [6, 6.07) is 15.3. The first-order chi connectivity index (χ1) is 10.6. The summed E-state index contributed by atoms with van der Waals surface area (Å²) in [5, 5.41) is 0.660. The molecule has 0 spiro atoms. The standard InChI is InChI=1S/C18H14ClNO2/c1-12-7-8-14(10-16(12)19)17-11-15(18(21)20-22-17)9-13-5-3-2-4-6-13/h2-11H,1H3,(H,20,21)/b15-9+. The van der Waals surface area contributed by atoms with Gasteiger partial charge in [-0.25, -0.2) is 0 Å². The Balaban J connectivity index is 1.99. The Kier molecular flexibility index (Phi) is 3.98. The summed E-state index contributed by atoms with van der Waals surface area (Å²) < 4.78 is 0. The Morgan fingerprint density at radius 3 is 2.64 bits per heavy atom. The predicted octanol–water partition coefficient (Wildman–Crippen LogP) is 4.13. The zero-order valence-electron chi connectivity index (χ0n) is 12.0. The Morgan fingerprint density at radius 2 is 1.91 bits per heavy atom. The molecular weight excluding hydrogens is 298 g/mol. The van der Waals surface area contributed by atoms with Crippen molar-refractivity contribution in [2.75, 3.05) is 0 Å². The van der Waals surface area contributed by atoms with Crippen molar-refractivity contribution in [3.63, 3.8) is 0 Å². The van der Waals surface area contributed by atoms with Gasteiger partial charge >= 0.3 is 0 Å². The van der Waals surface area contributed by atoms with Crippen LogP contribution in [0, 0.1) is 6.92 Å². The van der Waals surface area contributed by atoms with Crippen LogP contribution in [-0.4, -0.2) is 5.91 Å². The molecule has 0 bridgehead atoms. The van der Waals surface area contributed by atoms with Gasteiger partial charge in [0.15, 0.2) is 5.76 Å². The molecule has 2 aromatic carbocycles. The third-order valence-corrected chi connectivity index (χ3v) is 3.79. The molecule has 1 aliphatic rings. The Labute approximate surface area is 133 Å². The van der Waals surface area contributed by atoms with Crippen LogP contribution in [0.25, 0.3) is 11.8 Å². The lowest BCUT2D eigenvalue weighted by Gasteiger charge is -2.17. The highest BCUT2D eigenvalue weighted by atomic mass is 35.5. The van der Waals surface area contributed by atoms with Gasteiger partial charge in [0.05, 0.1) is 0 Å². The minimum Gasteiger partial charge on any atom is -0.379 e. The summed E-state index contributed by atoms with van der Waals surface area (Å²) in [4.78, 5) is 17.2. The van der Waals surface area contributed by atoms with Crippen LogP contribution in [-0.2, 0) is 9.63 Å². The molecule has 1 aliphatic heterocycles. The number of carbonyl (C=O) groups excluding carboxylic acids is 1. The number of hydrogen-bond donors (Lipinski definition) is 1. The molecule has 1 amide bonds. The summed E-state index contributed by atoms with van der Waals surface area (Å²) in [7, 11) is 0. The van der Waals surface area contributed by atoms with E-state index in [9.17, 15) is 4.79 Å². The number of carbonyl (C=O) groups is 1. The van der Waals surface area contributed by atoms with Gasteiger partial charge in [0.1, 0.15) is 0 Å². The monoisotopic (exact) mass is 311 g/mol. The number of hydroxylamine groups is 1. The lowest BCUT2D eigenvalue weighted by atomic mass is 10.1. The fraction of sp³-hybridized carbons (Fsp3) is 0.0556.